The number of aryl methyl sites for hydroxylation is 1. The van der Waals surface area contributed by atoms with E-state index in [9.17, 15) is 8.42 Å². The third-order valence-corrected chi connectivity index (χ3v) is 7.59. The zero-order valence-electron chi connectivity index (χ0n) is 18.3. The lowest BCUT2D eigenvalue weighted by Crippen LogP contribution is -2.09. The minimum absolute atomic E-state index is 0.00863. The van der Waals surface area contributed by atoms with Gasteiger partial charge in [0.15, 0.2) is 9.84 Å². The van der Waals surface area contributed by atoms with Crippen molar-refractivity contribution >= 4 is 9.84 Å². The molecule has 0 spiro atoms. The molecular formula is C26H29NO4S. The van der Waals surface area contributed by atoms with Crippen molar-refractivity contribution in [2.24, 2.45) is 0 Å². The van der Waals surface area contributed by atoms with Gasteiger partial charge in [0, 0.05) is 6.20 Å². The van der Waals surface area contributed by atoms with Crippen LogP contribution in [0.2, 0.25) is 0 Å². The third-order valence-electron chi connectivity index (χ3n) is 5.88. The van der Waals surface area contributed by atoms with E-state index >= 15 is 0 Å². The number of nitrogens with zero attached hydrogens (tertiary/aromatic N) is 1. The van der Waals surface area contributed by atoms with E-state index < -0.39 is 9.84 Å². The van der Waals surface area contributed by atoms with Gasteiger partial charge in [-0.25, -0.2) is 8.42 Å². The second-order valence-electron chi connectivity index (χ2n) is 8.17. The Morgan fingerprint density at radius 2 is 1.75 bits per heavy atom. The molecule has 2 atom stereocenters. The summed E-state index contributed by atoms with van der Waals surface area (Å²) in [5.41, 5.74) is 5.41. The monoisotopic (exact) mass is 451 g/mol. The van der Waals surface area contributed by atoms with Crippen LogP contribution in [0.4, 0.5) is 0 Å². The summed E-state index contributed by atoms with van der Waals surface area (Å²) in [6.07, 6.45) is 6.28. The van der Waals surface area contributed by atoms with Gasteiger partial charge in [0.2, 0.25) is 0 Å². The Bertz CT molecular complexity index is 1140. The number of hydrogen-bond acceptors (Lipinski definition) is 5. The molecule has 2 heterocycles. The van der Waals surface area contributed by atoms with E-state index in [2.05, 4.69) is 30.1 Å². The normalized spacial score (nSPS) is 17.9. The largest absolute Gasteiger partial charge is 0.395 e. The molecule has 1 fully saturated rings. The highest BCUT2D eigenvalue weighted by molar-refractivity contribution is 7.91. The van der Waals surface area contributed by atoms with Gasteiger partial charge in [-0.05, 0) is 65.4 Å². The van der Waals surface area contributed by atoms with E-state index in [1.807, 2.05) is 30.3 Å². The maximum absolute atomic E-state index is 12.2. The Labute approximate surface area is 190 Å². The summed E-state index contributed by atoms with van der Waals surface area (Å²) in [6.45, 7) is 1.82. The number of benzene rings is 2. The van der Waals surface area contributed by atoms with Gasteiger partial charge < -0.3 is 9.84 Å². The molecule has 6 heteroatoms. The Balaban J connectivity index is 1.62. The van der Waals surface area contributed by atoms with Crippen LogP contribution in [-0.4, -0.2) is 30.9 Å². The summed E-state index contributed by atoms with van der Waals surface area (Å²) < 4.78 is 30.4. The number of aliphatic hydroxyl groups excluding tert-OH is 1. The third kappa shape index (κ3) is 5.09. The Morgan fingerprint density at radius 3 is 2.44 bits per heavy atom. The van der Waals surface area contributed by atoms with Crippen molar-refractivity contribution in [3.8, 4) is 11.1 Å². The van der Waals surface area contributed by atoms with Gasteiger partial charge in [-0.1, -0.05) is 50.1 Å². The van der Waals surface area contributed by atoms with E-state index in [-0.39, 0.29) is 29.5 Å². The highest BCUT2D eigenvalue weighted by Gasteiger charge is 2.43. The minimum atomic E-state index is -3.46. The lowest BCUT2D eigenvalue weighted by molar-refractivity contribution is 0.319. The molecule has 5 nitrogen and oxygen atoms in total. The van der Waals surface area contributed by atoms with E-state index in [1.165, 1.54) is 24.0 Å². The second-order valence-corrected chi connectivity index (χ2v) is 10.3. The number of ether oxygens (including phenoxy) is 1. The molecule has 1 N–H and O–H groups in total. The minimum Gasteiger partial charge on any atom is -0.395 e. The summed E-state index contributed by atoms with van der Waals surface area (Å²) in [4.78, 5) is 4.68. The SMILES string of the molecule is CCCCCc1ccc(-c2ccc(S(=O)(=O)CCO)cc2)cc1[C@H]1O[C@H]1c1ccccn1. The number of unbranched alkanes of at least 4 members (excludes halogenated alkanes) is 2. The molecule has 0 radical (unpaired) electrons. The van der Waals surface area contributed by atoms with Crippen molar-refractivity contribution < 1.29 is 18.3 Å². The van der Waals surface area contributed by atoms with Gasteiger partial charge in [-0.3, -0.25) is 4.98 Å². The number of pyridine rings is 1. The van der Waals surface area contributed by atoms with Gasteiger partial charge in [-0.15, -0.1) is 0 Å². The Hall–Kier alpha value is -2.54. The number of aromatic nitrogens is 1. The van der Waals surface area contributed by atoms with E-state index in [0.29, 0.717) is 0 Å². The molecule has 1 aliphatic heterocycles. The van der Waals surface area contributed by atoms with Crippen molar-refractivity contribution in [2.45, 2.75) is 49.7 Å². The molecule has 1 aromatic heterocycles. The summed E-state index contributed by atoms with van der Waals surface area (Å²) in [5, 5.41) is 9.00. The van der Waals surface area contributed by atoms with Crippen molar-refractivity contribution in [3.05, 3.63) is 83.7 Å². The quantitative estimate of drug-likeness (QED) is 0.344. The first kappa shape index (κ1) is 22.6. The molecule has 3 aromatic rings. The smallest absolute Gasteiger partial charge is 0.180 e. The van der Waals surface area contributed by atoms with Crippen LogP contribution in [0.25, 0.3) is 11.1 Å². The molecule has 0 aliphatic carbocycles. The van der Waals surface area contributed by atoms with E-state index in [0.717, 1.165) is 29.7 Å². The molecule has 0 unspecified atom stereocenters. The summed E-state index contributed by atoms with van der Waals surface area (Å²) in [5.74, 6) is -0.267. The van der Waals surface area contributed by atoms with Crippen molar-refractivity contribution in [1.29, 1.82) is 0 Å². The number of aliphatic hydroxyl groups is 1. The van der Waals surface area contributed by atoms with Crippen molar-refractivity contribution in [3.63, 3.8) is 0 Å². The molecular weight excluding hydrogens is 422 g/mol. The first-order valence-corrected chi connectivity index (χ1v) is 12.8. The highest BCUT2D eigenvalue weighted by Crippen LogP contribution is 2.51. The Kier molecular flexibility index (Phi) is 7.04. The average Bonchev–Trinajstić information content (AvgIpc) is 3.61. The summed E-state index contributed by atoms with van der Waals surface area (Å²) in [6, 6.07) is 19.2. The first-order valence-electron chi connectivity index (χ1n) is 11.2. The molecule has 1 aliphatic rings. The molecule has 168 valence electrons. The Morgan fingerprint density at radius 1 is 0.969 bits per heavy atom. The predicted molar refractivity (Wildman–Crippen MR) is 125 cm³/mol. The number of hydrogen-bond donors (Lipinski definition) is 1. The second kappa shape index (κ2) is 9.94. The zero-order valence-corrected chi connectivity index (χ0v) is 19.1. The summed E-state index contributed by atoms with van der Waals surface area (Å²) in [7, 11) is -3.46. The van der Waals surface area contributed by atoms with Crippen molar-refractivity contribution in [2.75, 3.05) is 12.4 Å². The van der Waals surface area contributed by atoms with Crippen LogP contribution >= 0.6 is 0 Å². The van der Waals surface area contributed by atoms with Crippen LogP contribution in [0.1, 0.15) is 55.2 Å². The maximum atomic E-state index is 12.2. The van der Waals surface area contributed by atoms with Crippen LogP contribution in [0.5, 0.6) is 0 Å². The van der Waals surface area contributed by atoms with Crippen LogP contribution in [0, 0.1) is 0 Å². The fourth-order valence-electron chi connectivity index (χ4n) is 4.04. The summed E-state index contributed by atoms with van der Waals surface area (Å²) >= 11 is 0. The van der Waals surface area contributed by atoms with Gasteiger partial charge in [0.1, 0.15) is 12.2 Å². The number of sulfone groups is 1. The number of epoxide rings is 1. The molecule has 1 saturated heterocycles. The molecule has 0 amide bonds. The molecule has 32 heavy (non-hydrogen) atoms. The van der Waals surface area contributed by atoms with E-state index in [1.54, 1.807) is 18.3 Å². The molecule has 4 rings (SSSR count). The van der Waals surface area contributed by atoms with Gasteiger partial charge >= 0.3 is 0 Å². The fourth-order valence-corrected chi connectivity index (χ4v) is 5.07. The van der Waals surface area contributed by atoms with Crippen LogP contribution < -0.4 is 0 Å². The van der Waals surface area contributed by atoms with Crippen LogP contribution in [-0.2, 0) is 21.0 Å². The topological polar surface area (TPSA) is 79.8 Å². The average molecular weight is 452 g/mol. The molecule has 0 bridgehead atoms. The number of rotatable bonds is 10. The predicted octanol–water partition coefficient (Wildman–Crippen LogP) is 5.06. The lowest BCUT2D eigenvalue weighted by atomic mass is 9.93. The van der Waals surface area contributed by atoms with E-state index in [4.69, 9.17) is 9.84 Å². The highest BCUT2D eigenvalue weighted by atomic mass is 32.2. The maximum Gasteiger partial charge on any atom is 0.180 e. The lowest BCUT2D eigenvalue weighted by Gasteiger charge is -2.12. The molecule has 2 aromatic carbocycles. The van der Waals surface area contributed by atoms with Crippen LogP contribution in [0.3, 0.4) is 0 Å². The van der Waals surface area contributed by atoms with Crippen LogP contribution in [0.15, 0.2) is 71.8 Å². The zero-order chi connectivity index (χ0) is 22.6. The van der Waals surface area contributed by atoms with Gasteiger partial charge in [0.05, 0.1) is 22.9 Å². The van der Waals surface area contributed by atoms with Gasteiger partial charge in [0.25, 0.3) is 0 Å². The van der Waals surface area contributed by atoms with Crippen molar-refractivity contribution in [1.82, 2.24) is 4.98 Å². The fraction of sp³-hybridized carbons (Fsp3) is 0.346. The van der Waals surface area contributed by atoms with Gasteiger partial charge in [-0.2, -0.15) is 0 Å². The molecule has 0 saturated carbocycles. The standard InChI is InChI=1S/C26H29NO4S/c1-2-3-4-7-20-9-10-21(19-11-13-22(14-12-19)32(29,30)17-16-28)18-23(20)25-26(31-25)24-8-5-6-15-27-24/h5-6,8-15,18,25-26,28H,2-4,7,16-17H2,1H3/t25-,26+/m1/s1. The first-order chi connectivity index (χ1) is 15.5.